The normalized spacial score (nSPS) is 28.3. The first kappa shape index (κ1) is 17.0. The molecule has 1 aliphatic carbocycles. The molecule has 1 spiro atoms. The van der Waals surface area contributed by atoms with E-state index in [9.17, 15) is 4.79 Å². The van der Waals surface area contributed by atoms with Gasteiger partial charge in [0.05, 0.1) is 6.10 Å². The molecule has 0 radical (unpaired) electrons. The molecule has 2 unspecified atom stereocenters. The van der Waals surface area contributed by atoms with Crippen molar-refractivity contribution < 1.29 is 9.53 Å². The molecule has 25 heavy (non-hydrogen) atoms. The first-order chi connectivity index (χ1) is 12.1. The topological polar surface area (TPSA) is 32.8 Å². The molecule has 2 atom stereocenters. The van der Waals surface area contributed by atoms with Gasteiger partial charge >= 0.3 is 0 Å². The van der Waals surface area contributed by atoms with Crippen LogP contribution in [0.15, 0.2) is 30.3 Å². The van der Waals surface area contributed by atoms with Gasteiger partial charge in [-0.15, -0.1) is 0 Å². The molecule has 2 aliphatic heterocycles. The largest absolute Gasteiger partial charge is 0.360 e. The van der Waals surface area contributed by atoms with Crippen molar-refractivity contribution in [1.82, 2.24) is 9.80 Å². The molecule has 2 heterocycles. The summed E-state index contributed by atoms with van der Waals surface area (Å²) in [6.45, 7) is 8.23. The van der Waals surface area contributed by atoms with Crippen LogP contribution in [0, 0.1) is 5.92 Å². The summed E-state index contributed by atoms with van der Waals surface area (Å²) in [5.74, 6) is 0.820. The van der Waals surface area contributed by atoms with Crippen LogP contribution in [-0.4, -0.2) is 53.6 Å². The third kappa shape index (κ3) is 3.22. The van der Waals surface area contributed by atoms with E-state index in [2.05, 4.69) is 49.1 Å². The molecule has 2 saturated heterocycles. The maximum absolute atomic E-state index is 12.5. The lowest BCUT2D eigenvalue weighted by Gasteiger charge is -2.44. The predicted octanol–water partition coefficient (Wildman–Crippen LogP) is 3.24. The van der Waals surface area contributed by atoms with E-state index >= 15 is 0 Å². The van der Waals surface area contributed by atoms with Crippen LogP contribution in [0.4, 0.5) is 0 Å². The number of carbonyl (C=O) groups is 1. The van der Waals surface area contributed by atoms with Gasteiger partial charge in [-0.3, -0.25) is 9.69 Å². The SMILES string of the molecule is CCN1CC(C2CCN(C(C)c3ccccc3)CC2)OC2(CC2)C1=O. The molecule has 0 bridgehead atoms. The van der Waals surface area contributed by atoms with Crippen molar-refractivity contribution in [2.75, 3.05) is 26.2 Å². The van der Waals surface area contributed by atoms with E-state index in [1.807, 2.05) is 4.90 Å². The Morgan fingerprint density at radius 2 is 1.88 bits per heavy atom. The van der Waals surface area contributed by atoms with Crippen LogP contribution >= 0.6 is 0 Å². The summed E-state index contributed by atoms with van der Waals surface area (Å²) in [5, 5.41) is 0. The molecule has 3 fully saturated rings. The van der Waals surface area contributed by atoms with Crippen molar-refractivity contribution in [2.24, 2.45) is 5.92 Å². The average molecular weight is 342 g/mol. The predicted molar refractivity (Wildman–Crippen MR) is 98.2 cm³/mol. The zero-order chi connectivity index (χ0) is 17.4. The third-order valence-corrected chi connectivity index (χ3v) is 6.47. The molecule has 1 saturated carbocycles. The highest BCUT2D eigenvalue weighted by Gasteiger charge is 2.58. The van der Waals surface area contributed by atoms with Crippen molar-refractivity contribution in [1.29, 1.82) is 0 Å². The Morgan fingerprint density at radius 1 is 1.20 bits per heavy atom. The maximum Gasteiger partial charge on any atom is 0.254 e. The summed E-state index contributed by atoms with van der Waals surface area (Å²) in [6.07, 6.45) is 4.41. The van der Waals surface area contributed by atoms with E-state index in [4.69, 9.17) is 4.74 Å². The average Bonchev–Trinajstić information content (AvgIpc) is 3.44. The third-order valence-electron chi connectivity index (χ3n) is 6.47. The molecule has 3 aliphatic rings. The van der Waals surface area contributed by atoms with Gasteiger partial charge in [-0.25, -0.2) is 0 Å². The number of hydrogen-bond donors (Lipinski definition) is 0. The first-order valence-corrected chi connectivity index (χ1v) is 9.89. The monoisotopic (exact) mass is 342 g/mol. The highest BCUT2D eigenvalue weighted by molar-refractivity contribution is 5.88. The molecule has 136 valence electrons. The number of nitrogens with zero attached hydrogens (tertiary/aromatic N) is 2. The van der Waals surface area contributed by atoms with E-state index in [1.54, 1.807) is 0 Å². The standard InChI is InChI=1S/C21H30N2O2/c1-3-22-15-19(25-21(11-12-21)20(22)24)18-9-13-23(14-10-18)16(2)17-7-5-4-6-8-17/h4-8,16,18-19H,3,9-15H2,1-2H3. The Balaban J connectivity index is 1.36. The van der Waals surface area contributed by atoms with Gasteiger partial charge < -0.3 is 9.64 Å². The lowest BCUT2D eigenvalue weighted by Crippen LogP contribution is -2.56. The second kappa shape index (κ2) is 6.73. The van der Waals surface area contributed by atoms with Gasteiger partial charge in [-0.2, -0.15) is 0 Å². The Hall–Kier alpha value is -1.39. The molecule has 0 N–H and O–H groups in total. The molecule has 1 aromatic carbocycles. The minimum absolute atomic E-state index is 0.231. The summed E-state index contributed by atoms with van der Waals surface area (Å²) in [7, 11) is 0. The fourth-order valence-electron chi connectivity index (χ4n) is 4.55. The van der Waals surface area contributed by atoms with Crippen LogP contribution in [0.3, 0.4) is 0 Å². The Kier molecular flexibility index (Phi) is 4.59. The molecular formula is C21H30N2O2. The molecule has 4 nitrogen and oxygen atoms in total. The minimum atomic E-state index is -0.437. The van der Waals surface area contributed by atoms with Gasteiger partial charge in [0.1, 0.15) is 5.60 Å². The fraction of sp³-hybridized carbons (Fsp3) is 0.667. The molecular weight excluding hydrogens is 312 g/mol. The van der Waals surface area contributed by atoms with E-state index in [1.165, 1.54) is 18.4 Å². The van der Waals surface area contributed by atoms with Gasteiger partial charge in [-0.1, -0.05) is 30.3 Å². The first-order valence-electron chi connectivity index (χ1n) is 9.89. The number of hydrogen-bond acceptors (Lipinski definition) is 3. The van der Waals surface area contributed by atoms with E-state index in [0.29, 0.717) is 12.0 Å². The van der Waals surface area contributed by atoms with Gasteiger partial charge in [-0.05, 0) is 64.1 Å². The number of likely N-dealkylation sites (N-methyl/N-ethyl adjacent to an activating group) is 1. The smallest absolute Gasteiger partial charge is 0.254 e. The van der Waals surface area contributed by atoms with Gasteiger partial charge in [0.25, 0.3) is 5.91 Å². The second-order valence-electron chi connectivity index (χ2n) is 7.95. The lowest BCUT2D eigenvalue weighted by molar-refractivity contribution is -0.174. The number of amides is 1. The van der Waals surface area contributed by atoms with Crippen molar-refractivity contribution >= 4 is 5.91 Å². The van der Waals surface area contributed by atoms with Gasteiger partial charge in [0.2, 0.25) is 0 Å². The summed E-state index contributed by atoms with van der Waals surface area (Å²) in [5.41, 5.74) is 0.961. The number of carbonyl (C=O) groups excluding carboxylic acids is 1. The Morgan fingerprint density at radius 3 is 2.48 bits per heavy atom. The molecule has 1 amide bonds. The summed E-state index contributed by atoms with van der Waals surface area (Å²) in [6, 6.07) is 11.3. The van der Waals surface area contributed by atoms with Gasteiger partial charge in [0.15, 0.2) is 0 Å². The van der Waals surface area contributed by atoms with Crippen molar-refractivity contribution in [3.05, 3.63) is 35.9 Å². The highest BCUT2D eigenvalue weighted by Crippen LogP contribution is 2.46. The van der Waals surface area contributed by atoms with Crippen LogP contribution in [0.25, 0.3) is 0 Å². The minimum Gasteiger partial charge on any atom is -0.360 e. The number of rotatable bonds is 4. The molecule has 1 aromatic rings. The van der Waals surface area contributed by atoms with E-state index < -0.39 is 5.60 Å². The van der Waals surface area contributed by atoms with Crippen LogP contribution < -0.4 is 0 Å². The van der Waals surface area contributed by atoms with E-state index in [-0.39, 0.29) is 12.0 Å². The second-order valence-corrected chi connectivity index (χ2v) is 7.95. The number of morpholine rings is 1. The lowest BCUT2D eigenvalue weighted by atomic mass is 9.88. The Labute approximate surface area is 151 Å². The zero-order valence-corrected chi connectivity index (χ0v) is 15.5. The van der Waals surface area contributed by atoms with Crippen molar-refractivity contribution in [3.8, 4) is 0 Å². The highest BCUT2D eigenvalue weighted by atomic mass is 16.5. The van der Waals surface area contributed by atoms with Crippen LogP contribution in [0.1, 0.15) is 51.1 Å². The quantitative estimate of drug-likeness (QED) is 0.842. The maximum atomic E-state index is 12.5. The van der Waals surface area contributed by atoms with Crippen LogP contribution in [-0.2, 0) is 9.53 Å². The summed E-state index contributed by atoms with van der Waals surface area (Å²) in [4.78, 5) is 17.1. The van der Waals surface area contributed by atoms with Crippen LogP contribution in [0.2, 0.25) is 0 Å². The number of likely N-dealkylation sites (tertiary alicyclic amines) is 1. The zero-order valence-electron chi connectivity index (χ0n) is 15.5. The van der Waals surface area contributed by atoms with Crippen molar-refractivity contribution in [3.63, 3.8) is 0 Å². The molecule has 4 heteroatoms. The van der Waals surface area contributed by atoms with Crippen molar-refractivity contribution in [2.45, 2.75) is 57.3 Å². The Bertz CT molecular complexity index is 606. The number of piperidine rings is 1. The van der Waals surface area contributed by atoms with E-state index in [0.717, 1.165) is 39.0 Å². The fourth-order valence-corrected chi connectivity index (χ4v) is 4.55. The van der Waals surface area contributed by atoms with Crippen LogP contribution in [0.5, 0.6) is 0 Å². The molecule has 0 aromatic heterocycles. The van der Waals surface area contributed by atoms with Gasteiger partial charge in [0, 0.05) is 19.1 Å². The number of ether oxygens (including phenoxy) is 1. The summed E-state index contributed by atoms with van der Waals surface area (Å²) < 4.78 is 6.34. The summed E-state index contributed by atoms with van der Waals surface area (Å²) >= 11 is 0. The number of benzene rings is 1. The molecule has 4 rings (SSSR count).